The molecule has 2 aromatic carbocycles. The quantitative estimate of drug-likeness (QED) is 0.767. The minimum atomic E-state index is 0.970. The van der Waals surface area contributed by atoms with E-state index in [4.69, 9.17) is 4.74 Å². The number of aryl methyl sites for hydroxylation is 1. The highest BCUT2D eigenvalue weighted by atomic mass is 79.9. The number of hydrogen-bond acceptors (Lipinski definition) is 2. The van der Waals surface area contributed by atoms with Gasteiger partial charge in [-0.15, -0.1) is 0 Å². The number of benzene rings is 2. The zero-order chi connectivity index (χ0) is 13.0. The van der Waals surface area contributed by atoms with Gasteiger partial charge in [0.2, 0.25) is 0 Å². The van der Waals surface area contributed by atoms with Crippen molar-refractivity contribution in [3.8, 4) is 5.75 Å². The van der Waals surface area contributed by atoms with Crippen LogP contribution in [-0.4, -0.2) is 7.11 Å². The Kier molecular flexibility index (Phi) is 4.72. The summed E-state index contributed by atoms with van der Waals surface area (Å²) < 4.78 is 6.45. The first-order valence-electron chi connectivity index (χ1n) is 5.83. The lowest BCUT2D eigenvalue weighted by atomic mass is 10.1. The molecule has 0 spiro atoms. The van der Waals surface area contributed by atoms with E-state index in [9.17, 15) is 0 Å². The van der Waals surface area contributed by atoms with Crippen molar-refractivity contribution in [1.82, 2.24) is 0 Å². The second-order valence-electron chi connectivity index (χ2n) is 3.88. The van der Waals surface area contributed by atoms with E-state index in [0.29, 0.717) is 0 Å². The number of ether oxygens (including phenoxy) is 1. The highest BCUT2D eigenvalue weighted by Crippen LogP contribution is 2.32. The second kappa shape index (κ2) is 6.30. The van der Waals surface area contributed by atoms with Crippen LogP contribution in [0.3, 0.4) is 0 Å². The molecule has 0 amide bonds. The first-order valence-corrected chi connectivity index (χ1v) is 7.44. The Labute approximate surface area is 121 Å². The van der Waals surface area contributed by atoms with Crippen molar-refractivity contribution in [1.29, 1.82) is 0 Å². The largest absolute Gasteiger partial charge is 0.496 e. The standard InChI is InChI=1S/C15H15BrOS/c1-3-11-10-14(8-9-15(11)17-2)18-13-6-4-12(16)5-7-13/h4-10H,3H2,1-2H3. The van der Waals surface area contributed by atoms with Crippen molar-refractivity contribution in [3.63, 3.8) is 0 Å². The summed E-state index contributed by atoms with van der Waals surface area (Å²) >= 11 is 5.22. The molecule has 0 aliphatic carbocycles. The van der Waals surface area contributed by atoms with Crippen LogP contribution in [0.2, 0.25) is 0 Å². The van der Waals surface area contributed by atoms with Crippen molar-refractivity contribution in [3.05, 3.63) is 52.5 Å². The summed E-state index contributed by atoms with van der Waals surface area (Å²) in [4.78, 5) is 2.49. The summed E-state index contributed by atoms with van der Waals surface area (Å²) in [6.45, 7) is 2.14. The van der Waals surface area contributed by atoms with Crippen LogP contribution in [0.5, 0.6) is 5.75 Å². The maximum absolute atomic E-state index is 5.34. The molecule has 0 heterocycles. The summed E-state index contributed by atoms with van der Waals surface area (Å²) in [6, 6.07) is 14.7. The molecule has 0 radical (unpaired) electrons. The maximum atomic E-state index is 5.34. The van der Waals surface area contributed by atoms with Crippen LogP contribution in [0.4, 0.5) is 0 Å². The lowest BCUT2D eigenvalue weighted by molar-refractivity contribution is 0.409. The van der Waals surface area contributed by atoms with E-state index >= 15 is 0 Å². The van der Waals surface area contributed by atoms with Crippen LogP contribution in [-0.2, 0) is 6.42 Å². The molecule has 0 fully saturated rings. The van der Waals surface area contributed by atoms with Gasteiger partial charge >= 0.3 is 0 Å². The Morgan fingerprint density at radius 3 is 2.33 bits per heavy atom. The minimum absolute atomic E-state index is 0.970. The van der Waals surface area contributed by atoms with Gasteiger partial charge in [0.1, 0.15) is 5.75 Å². The lowest BCUT2D eigenvalue weighted by Gasteiger charge is -2.09. The third-order valence-corrected chi connectivity index (χ3v) is 4.21. The van der Waals surface area contributed by atoms with Gasteiger partial charge in [0.05, 0.1) is 7.11 Å². The number of methoxy groups -OCH3 is 1. The van der Waals surface area contributed by atoms with E-state index in [2.05, 4.69) is 59.3 Å². The molecule has 0 aromatic heterocycles. The zero-order valence-corrected chi connectivity index (χ0v) is 12.8. The molecule has 0 aliphatic rings. The molecule has 0 saturated heterocycles. The van der Waals surface area contributed by atoms with Crippen LogP contribution >= 0.6 is 27.7 Å². The summed E-state index contributed by atoms with van der Waals surface area (Å²) in [6.07, 6.45) is 0.984. The van der Waals surface area contributed by atoms with Gasteiger partial charge in [-0.05, 0) is 54.4 Å². The monoisotopic (exact) mass is 322 g/mol. The zero-order valence-electron chi connectivity index (χ0n) is 10.4. The fourth-order valence-corrected chi connectivity index (χ4v) is 2.88. The van der Waals surface area contributed by atoms with Crippen LogP contribution in [0, 0.1) is 0 Å². The smallest absolute Gasteiger partial charge is 0.122 e. The molecule has 1 nitrogen and oxygen atoms in total. The fourth-order valence-electron chi connectivity index (χ4n) is 1.73. The van der Waals surface area contributed by atoms with Crippen molar-refractivity contribution >= 4 is 27.7 Å². The summed E-state index contributed by atoms with van der Waals surface area (Å²) in [5, 5.41) is 0. The van der Waals surface area contributed by atoms with E-state index in [-0.39, 0.29) is 0 Å². The molecule has 3 heteroatoms. The highest BCUT2D eigenvalue weighted by molar-refractivity contribution is 9.10. The summed E-state index contributed by atoms with van der Waals surface area (Å²) in [7, 11) is 1.72. The first-order chi connectivity index (χ1) is 8.72. The Bertz CT molecular complexity index is 523. The molecule has 0 bridgehead atoms. The molecule has 0 atom stereocenters. The topological polar surface area (TPSA) is 9.23 Å². The Hall–Kier alpha value is -0.930. The molecule has 0 unspecified atom stereocenters. The molecule has 2 aromatic rings. The van der Waals surface area contributed by atoms with Crippen LogP contribution in [0.25, 0.3) is 0 Å². The van der Waals surface area contributed by atoms with Gasteiger partial charge in [0.25, 0.3) is 0 Å². The third kappa shape index (κ3) is 3.30. The summed E-state index contributed by atoms with van der Waals surface area (Å²) in [5.74, 6) is 0.970. The fraction of sp³-hybridized carbons (Fsp3) is 0.200. The van der Waals surface area contributed by atoms with Gasteiger partial charge in [-0.25, -0.2) is 0 Å². The normalized spacial score (nSPS) is 10.4. The molecule has 0 aliphatic heterocycles. The SMILES string of the molecule is CCc1cc(Sc2ccc(Br)cc2)ccc1OC. The van der Waals surface area contributed by atoms with Crippen LogP contribution in [0.15, 0.2) is 56.7 Å². The molecule has 0 N–H and O–H groups in total. The number of rotatable bonds is 4. The van der Waals surface area contributed by atoms with E-state index < -0.39 is 0 Å². The molecule has 18 heavy (non-hydrogen) atoms. The van der Waals surface area contributed by atoms with Crippen LogP contribution in [0.1, 0.15) is 12.5 Å². The minimum Gasteiger partial charge on any atom is -0.496 e. The second-order valence-corrected chi connectivity index (χ2v) is 5.95. The Balaban J connectivity index is 2.21. The van der Waals surface area contributed by atoms with Gasteiger partial charge in [-0.3, -0.25) is 0 Å². The summed E-state index contributed by atoms with van der Waals surface area (Å²) in [5.41, 5.74) is 1.25. The van der Waals surface area contributed by atoms with Gasteiger partial charge in [-0.2, -0.15) is 0 Å². The van der Waals surface area contributed by atoms with Gasteiger partial charge < -0.3 is 4.74 Å². The van der Waals surface area contributed by atoms with E-state index in [1.807, 2.05) is 6.07 Å². The predicted octanol–water partition coefficient (Wildman–Crippen LogP) is 5.17. The van der Waals surface area contributed by atoms with Crippen molar-refractivity contribution in [2.45, 2.75) is 23.1 Å². The average Bonchev–Trinajstić information content (AvgIpc) is 2.41. The molecular weight excluding hydrogens is 308 g/mol. The average molecular weight is 323 g/mol. The number of halogens is 1. The van der Waals surface area contributed by atoms with Gasteiger partial charge in [0, 0.05) is 14.3 Å². The van der Waals surface area contributed by atoms with Crippen LogP contribution < -0.4 is 4.74 Å². The van der Waals surface area contributed by atoms with Crippen molar-refractivity contribution < 1.29 is 4.74 Å². The molecular formula is C15H15BrOS. The van der Waals surface area contributed by atoms with Gasteiger partial charge in [-0.1, -0.05) is 34.6 Å². The lowest BCUT2D eigenvalue weighted by Crippen LogP contribution is -1.90. The Morgan fingerprint density at radius 2 is 1.72 bits per heavy atom. The van der Waals surface area contributed by atoms with Crippen molar-refractivity contribution in [2.24, 2.45) is 0 Å². The van der Waals surface area contributed by atoms with E-state index in [1.165, 1.54) is 15.4 Å². The van der Waals surface area contributed by atoms with E-state index in [0.717, 1.165) is 16.6 Å². The predicted molar refractivity (Wildman–Crippen MR) is 80.6 cm³/mol. The Morgan fingerprint density at radius 1 is 1.06 bits per heavy atom. The highest BCUT2D eigenvalue weighted by Gasteiger charge is 2.04. The van der Waals surface area contributed by atoms with Crippen molar-refractivity contribution in [2.75, 3.05) is 7.11 Å². The third-order valence-electron chi connectivity index (χ3n) is 2.68. The molecule has 2 rings (SSSR count). The van der Waals surface area contributed by atoms with Gasteiger partial charge in [0.15, 0.2) is 0 Å². The van der Waals surface area contributed by atoms with E-state index in [1.54, 1.807) is 18.9 Å². The maximum Gasteiger partial charge on any atom is 0.122 e. The number of hydrogen-bond donors (Lipinski definition) is 0. The molecule has 0 saturated carbocycles. The first kappa shape index (κ1) is 13.5. The molecule has 94 valence electrons.